The number of aromatic nitrogens is 1. The fraction of sp³-hybridized carbons (Fsp3) is 0.179. The number of anilines is 2. The summed E-state index contributed by atoms with van der Waals surface area (Å²) in [5.41, 5.74) is 3.18. The molecule has 1 heterocycles. The number of rotatable bonds is 8. The van der Waals surface area contributed by atoms with E-state index in [9.17, 15) is 16.8 Å². The molecule has 0 aliphatic carbocycles. The molecule has 8 nitrogen and oxygen atoms in total. The van der Waals surface area contributed by atoms with Crippen LogP contribution in [0.2, 0.25) is 0 Å². The molecule has 198 valence electrons. The zero-order valence-electron chi connectivity index (χ0n) is 21.8. The maximum Gasteiger partial charge on any atom is 0.265 e. The molecule has 4 rings (SSSR count). The van der Waals surface area contributed by atoms with Crippen LogP contribution in [0.3, 0.4) is 0 Å². The van der Waals surface area contributed by atoms with Gasteiger partial charge in [0.15, 0.2) is 0 Å². The van der Waals surface area contributed by atoms with Crippen molar-refractivity contribution in [3.05, 3.63) is 96.1 Å². The Kier molecular flexibility index (Phi) is 7.48. The molecule has 0 fully saturated rings. The Morgan fingerprint density at radius 1 is 0.658 bits per heavy atom. The summed E-state index contributed by atoms with van der Waals surface area (Å²) in [6.45, 7) is 3.75. The normalized spacial score (nSPS) is 11.7. The Labute approximate surface area is 224 Å². The standard InChI is InChI=1S/C28H29N3O5S2/c1-20-6-14-25(15-7-20)37(32,33)30(3)23-18-27(22-10-12-24(36-5)13-11-22)29-28(19-23)31(4)38(34,35)26-16-8-21(2)9-17-26/h6-19H,1-5H3. The number of hydrogen-bond donors (Lipinski definition) is 0. The van der Waals surface area contributed by atoms with Gasteiger partial charge in [-0.15, -0.1) is 0 Å². The molecule has 0 unspecified atom stereocenters. The molecule has 38 heavy (non-hydrogen) atoms. The third-order valence-electron chi connectivity index (χ3n) is 6.23. The first kappa shape index (κ1) is 27.2. The maximum atomic E-state index is 13.5. The second-order valence-electron chi connectivity index (χ2n) is 8.87. The SMILES string of the molecule is COc1ccc(-c2cc(N(C)S(=O)(=O)c3ccc(C)cc3)cc(N(C)S(=O)(=O)c3ccc(C)cc3)n2)cc1. The fourth-order valence-electron chi connectivity index (χ4n) is 3.75. The van der Waals surface area contributed by atoms with Gasteiger partial charge in [-0.25, -0.2) is 21.8 Å². The summed E-state index contributed by atoms with van der Waals surface area (Å²) < 4.78 is 61.2. The summed E-state index contributed by atoms with van der Waals surface area (Å²) in [7, 11) is -3.52. The number of sulfonamides is 2. The molecular formula is C28H29N3O5S2. The van der Waals surface area contributed by atoms with E-state index >= 15 is 0 Å². The highest BCUT2D eigenvalue weighted by Gasteiger charge is 2.26. The van der Waals surface area contributed by atoms with Crippen molar-refractivity contribution in [3.63, 3.8) is 0 Å². The van der Waals surface area contributed by atoms with E-state index in [0.29, 0.717) is 17.0 Å². The third kappa shape index (κ3) is 5.36. The van der Waals surface area contributed by atoms with E-state index in [1.54, 1.807) is 73.8 Å². The van der Waals surface area contributed by atoms with Crippen LogP contribution in [0.5, 0.6) is 5.75 Å². The molecule has 0 radical (unpaired) electrons. The topological polar surface area (TPSA) is 96.9 Å². The van der Waals surface area contributed by atoms with Gasteiger partial charge in [0.05, 0.1) is 28.3 Å². The number of benzene rings is 3. The Morgan fingerprint density at radius 3 is 1.61 bits per heavy atom. The summed E-state index contributed by atoms with van der Waals surface area (Å²) in [5.74, 6) is 0.711. The van der Waals surface area contributed by atoms with Gasteiger partial charge >= 0.3 is 0 Å². The number of methoxy groups -OCH3 is 1. The van der Waals surface area contributed by atoms with Gasteiger partial charge in [0.2, 0.25) is 0 Å². The molecule has 0 aliphatic heterocycles. The van der Waals surface area contributed by atoms with E-state index in [1.165, 1.54) is 32.3 Å². The van der Waals surface area contributed by atoms with Gasteiger partial charge in [-0.2, -0.15) is 0 Å². The number of ether oxygens (including phenoxy) is 1. The second kappa shape index (κ2) is 10.5. The highest BCUT2D eigenvalue weighted by atomic mass is 32.2. The first-order valence-electron chi connectivity index (χ1n) is 11.7. The predicted octanol–water partition coefficient (Wildman–Crippen LogP) is 5.02. The van der Waals surface area contributed by atoms with Gasteiger partial charge in [-0.3, -0.25) is 8.61 Å². The summed E-state index contributed by atoms with van der Waals surface area (Å²) in [4.78, 5) is 4.82. The predicted molar refractivity (Wildman–Crippen MR) is 150 cm³/mol. The van der Waals surface area contributed by atoms with Crippen molar-refractivity contribution in [2.45, 2.75) is 23.6 Å². The second-order valence-corrected chi connectivity index (χ2v) is 12.8. The van der Waals surface area contributed by atoms with E-state index in [-0.39, 0.29) is 21.3 Å². The molecule has 0 amide bonds. The number of aryl methyl sites for hydroxylation is 2. The van der Waals surface area contributed by atoms with Crippen LogP contribution in [0.15, 0.2) is 94.7 Å². The minimum atomic E-state index is -3.97. The molecule has 0 spiro atoms. The van der Waals surface area contributed by atoms with E-state index < -0.39 is 20.0 Å². The first-order valence-corrected chi connectivity index (χ1v) is 14.6. The van der Waals surface area contributed by atoms with Crippen LogP contribution < -0.4 is 13.3 Å². The van der Waals surface area contributed by atoms with Crippen molar-refractivity contribution < 1.29 is 21.6 Å². The number of hydrogen-bond acceptors (Lipinski definition) is 6. The molecule has 10 heteroatoms. The van der Waals surface area contributed by atoms with Crippen molar-refractivity contribution in [2.75, 3.05) is 29.8 Å². The van der Waals surface area contributed by atoms with Gasteiger partial charge in [0.25, 0.3) is 20.0 Å². The lowest BCUT2D eigenvalue weighted by atomic mass is 10.1. The molecule has 0 atom stereocenters. The van der Waals surface area contributed by atoms with E-state index in [0.717, 1.165) is 19.7 Å². The largest absolute Gasteiger partial charge is 0.497 e. The van der Waals surface area contributed by atoms with Crippen LogP contribution in [0.4, 0.5) is 11.5 Å². The van der Waals surface area contributed by atoms with Crippen molar-refractivity contribution >= 4 is 31.6 Å². The molecule has 0 bridgehead atoms. The molecule has 0 aliphatic rings. The lowest BCUT2D eigenvalue weighted by molar-refractivity contribution is 0.415. The number of pyridine rings is 1. The molecule has 4 aromatic rings. The van der Waals surface area contributed by atoms with Crippen LogP contribution in [-0.2, 0) is 20.0 Å². The Bertz CT molecular complexity index is 1550. The van der Waals surface area contributed by atoms with Crippen LogP contribution >= 0.6 is 0 Å². The van der Waals surface area contributed by atoms with E-state index in [2.05, 4.69) is 4.98 Å². The molecule has 0 saturated heterocycles. The van der Waals surface area contributed by atoms with Gasteiger partial charge in [-0.05, 0) is 68.4 Å². The summed E-state index contributed by atoms with van der Waals surface area (Å²) in [5, 5.41) is 0. The van der Waals surface area contributed by atoms with Crippen molar-refractivity contribution in [3.8, 4) is 17.0 Å². The summed E-state index contributed by atoms with van der Waals surface area (Å²) in [6.07, 6.45) is 0. The fourth-order valence-corrected chi connectivity index (χ4v) is 6.07. The minimum absolute atomic E-state index is 0.0693. The van der Waals surface area contributed by atoms with Gasteiger partial charge < -0.3 is 4.74 Å². The summed E-state index contributed by atoms with van der Waals surface area (Å²) >= 11 is 0. The lowest BCUT2D eigenvalue weighted by Crippen LogP contribution is -2.29. The molecule has 1 aromatic heterocycles. The van der Waals surface area contributed by atoms with Gasteiger partial charge in [0, 0.05) is 25.7 Å². The van der Waals surface area contributed by atoms with Crippen LogP contribution in [0.1, 0.15) is 11.1 Å². The Morgan fingerprint density at radius 2 is 1.13 bits per heavy atom. The average molecular weight is 552 g/mol. The minimum Gasteiger partial charge on any atom is -0.497 e. The van der Waals surface area contributed by atoms with Crippen LogP contribution in [0, 0.1) is 13.8 Å². The van der Waals surface area contributed by atoms with Gasteiger partial charge in [0.1, 0.15) is 11.6 Å². The molecule has 0 N–H and O–H groups in total. The van der Waals surface area contributed by atoms with Gasteiger partial charge in [-0.1, -0.05) is 35.4 Å². The summed E-state index contributed by atoms with van der Waals surface area (Å²) in [6, 6.07) is 23.2. The molecule has 0 saturated carbocycles. The smallest absolute Gasteiger partial charge is 0.265 e. The monoisotopic (exact) mass is 551 g/mol. The molecular weight excluding hydrogens is 522 g/mol. The quantitative estimate of drug-likeness (QED) is 0.305. The van der Waals surface area contributed by atoms with Crippen molar-refractivity contribution in [2.24, 2.45) is 0 Å². The van der Waals surface area contributed by atoms with Crippen molar-refractivity contribution in [1.82, 2.24) is 4.98 Å². The van der Waals surface area contributed by atoms with Crippen LogP contribution in [0.25, 0.3) is 11.3 Å². The zero-order valence-corrected chi connectivity index (χ0v) is 23.4. The van der Waals surface area contributed by atoms with Crippen molar-refractivity contribution in [1.29, 1.82) is 0 Å². The average Bonchev–Trinajstić information content (AvgIpc) is 2.92. The molecule has 3 aromatic carbocycles. The van der Waals surface area contributed by atoms with E-state index in [1.807, 2.05) is 13.8 Å². The highest BCUT2D eigenvalue weighted by Crippen LogP contribution is 2.32. The Hall–Kier alpha value is -3.89. The zero-order chi connectivity index (χ0) is 27.7. The van der Waals surface area contributed by atoms with Crippen LogP contribution in [-0.4, -0.2) is 43.0 Å². The number of nitrogens with zero attached hydrogens (tertiary/aromatic N) is 3. The van der Waals surface area contributed by atoms with E-state index in [4.69, 9.17) is 4.74 Å². The lowest BCUT2D eigenvalue weighted by Gasteiger charge is -2.24. The maximum absolute atomic E-state index is 13.5. The highest BCUT2D eigenvalue weighted by molar-refractivity contribution is 7.93. The third-order valence-corrected chi connectivity index (χ3v) is 9.80. The Balaban J connectivity index is 1.85. The first-order chi connectivity index (χ1) is 17.9.